The van der Waals surface area contributed by atoms with Crippen molar-refractivity contribution in [2.24, 2.45) is 5.92 Å². The van der Waals surface area contributed by atoms with Gasteiger partial charge in [0.2, 0.25) is 5.91 Å². The molecule has 1 fully saturated rings. The first-order chi connectivity index (χ1) is 20.3. The molecule has 1 N–H and O–H groups in total. The highest BCUT2D eigenvalue weighted by Crippen LogP contribution is 2.28. The molecular formula is C34H39FN2O4S. The molecule has 1 aromatic heterocycles. The van der Waals surface area contributed by atoms with Crippen LogP contribution >= 0.6 is 11.3 Å². The van der Waals surface area contributed by atoms with Crippen molar-refractivity contribution in [2.75, 3.05) is 6.61 Å². The van der Waals surface area contributed by atoms with Gasteiger partial charge < -0.3 is 14.8 Å². The van der Waals surface area contributed by atoms with Gasteiger partial charge in [-0.25, -0.2) is 14.2 Å². The van der Waals surface area contributed by atoms with Gasteiger partial charge in [0.05, 0.1) is 18.3 Å². The highest BCUT2D eigenvalue weighted by molar-refractivity contribution is 7.09. The van der Waals surface area contributed by atoms with E-state index in [0.29, 0.717) is 24.4 Å². The van der Waals surface area contributed by atoms with Crippen LogP contribution in [0.2, 0.25) is 0 Å². The molecule has 3 aromatic rings. The summed E-state index contributed by atoms with van der Waals surface area (Å²) in [6.45, 7) is 6.05. The van der Waals surface area contributed by atoms with Gasteiger partial charge in [-0.05, 0) is 93.2 Å². The van der Waals surface area contributed by atoms with Gasteiger partial charge in [-0.15, -0.1) is 11.3 Å². The molecule has 0 saturated heterocycles. The average Bonchev–Trinajstić information content (AvgIpc) is 3.45. The third kappa shape index (κ3) is 9.38. The van der Waals surface area contributed by atoms with Crippen molar-refractivity contribution in [3.63, 3.8) is 0 Å². The summed E-state index contributed by atoms with van der Waals surface area (Å²) in [6, 6.07) is 13.9. The highest BCUT2D eigenvalue weighted by atomic mass is 32.1. The van der Waals surface area contributed by atoms with Crippen molar-refractivity contribution < 1.29 is 23.5 Å². The summed E-state index contributed by atoms with van der Waals surface area (Å²) in [4.78, 5) is 30.1. The lowest BCUT2D eigenvalue weighted by molar-refractivity contribution is -0.138. The van der Waals surface area contributed by atoms with E-state index in [1.54, 1.807) is 26.0 Å². The van der Waals surface area contributed by atoms with Crippen LogP contribution in [0.1, 0.15) is 80.7 Å². The number of halogens is 1. The predicted octanol–water partition coefficient (Wildman–Crippen LogP) is 7.75. The van der Waals surface area contributed by atoms with Gasteiger partial charge in [0.25, 0.3) is 0 Å². The van der Waals surface area contributed by atoms with E-state index in [1.807, 2.05) is 48.7 Å². The lowest BCUT2D eigenvalue weighted by atomic mass is 9.88. The number of carbonyl (C=O) groups is 2. The van der Waals surface area contributed by atoms with Gasteiger partial charge in [-0.1, -0.05) is 43.5 Å². The number of hydrogen-bond acceptors (Lipinski definition) is 6. The Kier molecular flexibility index (Phi) is 11.5. The third-order valence-corrected chi connectivity index (χ3v) is 8.18. The average molecular weight is 591 g/mol. The molecule has 1 saturated carbocycles. The number of nitrogens with one attached hydrogen (secondary N) is 1. The van der Waals surface area contributed by atoms with Crippen LogP contribution in [0.15, 0.2) is 71.1 Å². The molecule has 0 unspecified atom stereocenters. The second kappa shape index (κ2) is 15.4. The quantitative estimate of drug-likeness (QED) is 0.133. The molecule has 0 spiro atoms. The Hall–Kier alpha value is -3.78. The summed E-state index contributed by atoms with van der Waals surface area (Å²) in [5, 5.41) is 6.09. The van der Waals surface area contributed by atoms with Gasteiger partial charge >= 0.3 is 5.97 Å². The van der Waals surface area contributed by atoms with Crippen LogP contribution in [0.5, 0.6) is 5.75 Å². The van der Waals surface area contributed by atoms with Gasteiger partial charge in [-0.3, -0.25) is 4.79 Å². The molecule has 1 aliphatic carbocycles. The molecule has 1 atom stereocenters. The molecule has 0 aliphatic heterocycles. The Labute approximate surface area is 251 Å². The van der Waals surface area contributed by atoms with Crippen molar-refractivity contribution in [1.82, 2.24) is 10.3 Å². The molecule has 1 heterocycles. The van der Waals surface area contributed by atoms with Crippen LogP contribution in [0.4, 0.5) is 4.39 Å². The number of ether oxygens (including phenoxy) is 2. The van der Waals surface area contributed by atoms with E-state index in [2.05, 4.69) is 5.32 Å². The van der Waals surface area contributed by atoms with E-state index in [-0.39, 0.29) is 36.3 Å². The fraction of sp³-hybridized carbons (Fsp3) is 0.382. The molecule has 42 heavy (non-hydrogen) atoms. The maximum Gasteiger partial charge on any atom is 0.333 e. The number of aromatic nitrogens is 1. The molecule has 0 bridgehead atoms. The number of rotatable bonds is 12. The van der Waals surface area contributed by atoms with Gasteiger partial charge in [0.15, 0.2) is 0 Å². The van der Waals surface area contributed by atoms with Crippen molar-refractivity contribution >= 4 is 29.3 Å². The second-order valence-corrected chi connectivity index (χ2v) is 11.6. The van der Waals surface area contributed by atoms with Crippen LogP contribution < -0.4 is 10.1 Å². The molecule has 222 valence electrons. The molecule has 2 aromatic carbocycles. The number of nitrogens with zero attached hydrogens (tertiary/aromatic N) is 1. The molecule has 0 radical (unpaired) electrons. The first-order valence-corrected chi connectivity index (χ1v) is 15.4. The van der Waals surface area contributed by atoms with Crippen LogP contribution in [0.3, 0.4) is 0 Å². The largest absolute Gasteiger partial charge is 0.489 e. The summed E-state index contributed by atoms with van der Waals surface area (Å²) in [6.07, 6.45) is 9.51. The zero-order valence-electron chi connectivity index (χ0n) is 24.5. The fourth-order valence-corrected chi connectivity index (χ4v) is 5.88. The lowest BCUT2D eigenvalue weighted by Crippen LogP contribution is -2.35. The molecule has 1 amide bonds. The summed E-state index contributed by atoms with van der Waals surface area (Å²) in [7, 11) is 0. The molecule has 4 rings (SSSR count). The van der Waals surface area contributed by atoms with E-state index >= 15 is 0 Å². The first-order valence-electron chi connectivity index (χ1n) is 14.6. The molecule has 1 aliphatic rings. The summed E-state index contributed by atoms with van der Waals surface area (Å²) < 4.78 is 24.4. The van der Waals surface area contributed by atoms with Crippen LogP contribution in [0, 0.1) is 11.7 Å². The smallest absolute Gasteiger partial charge is 0.333 e. The number of amides is 1. The van der Waals surface area contributed by atoms with Crippen molar-refractivity contribution in [2.45, 2.75) is 71.9 Å². The minimum atomic E-state index is -0.333. The number of hydrogen-bond donors (Lipinski definition) is 1. The maximum atomic E-state index is 13.5. The van der Waals surface area contributed by atoms with E-state index in [9.17, 15) is 14.0 Å². The number of thiazole rings is 1. The summed E-state index contributed by atoms with van der Waals surface area (Å²) in [5.41, 5.74) is 3.99. The molecule has 6 nitrogen and oxygen atoms in total. The Morgan fingerprint density at radius 2 is 1.86 bits per heavy atom. The summed E-state index contributed by atoms with van der Waals surface area (Å²) >= 11 is 1.51. The number of allylic oxidation sites excluding steroid dienone is 2. The van der Waals surface area contributed by atoms with Crippen molar-refractivity contribution in [3.05, 3.63) is 98.8 Å². The zero-order valence-corrected chi connectivity index (χ0v) is 25.3. The summed E-state index contributed by atoms with van der Waals surface area (Å²) in [5.74, 6) is 0.199. The van der Waals surface area contributed by atoms with Crippen LogP contribution in [-0.2, 0) is 27.4 Å². The monoisotopic (exact) mass is 590 g/mol. The minimum Gasteiger partial charge on any atom is -0.489 e. The molecule has 8 heteroatoms. The first kappa shape index (κ1) is 31.2. The van der Waals surface area contributed by atoms with E-state index in [0.717, 1.165) is 53.1 Å². The van der Waals surface area contributed by atoms with Gasteiger partial charge in [0.1, 0.15) is 23.2 Å². The Morgan fingerprint density at radius 3 is 2.57 bits per heavy atom. The highest BCUT2D eigenvalue weighted by Gasteiger charge is 2.25. The van der Waals surface area contributed by atoms with Gasteiger partial charge in [0, 0.05) is 16.9 Å². The van der Waals surface area contributed by atoms with Crippen molar-refractivity contribution in [3.8, 4) is 5.75 Å². The third-order valence-electron chi connectivity index (χ3n) is 7.21. The number of esters is 1. The standard InChI is InChI=1S/C34H39FN2O4S/c1-4-40-34(39)24(3)17-23(2)18-29-22-42-33(36-29)31(37-32(38)27-10-6-5-7-11-27)20-25-13-15-30(16-14-25)41-21-26-9-8-12-28(35)19-26/h8-9,12-19,22,27,31H,4-7,10-11,20-21H2,1-3H3,(H,37,38)/t31-/m0/s1. The zero-order chi connectivity index (χ0) is 29.9. The Morgan fingerprint density at radius 1 is 1.10 bits per heavy atom. The number of carbonyl (C=O) groups excluding carboxylic acids is 2. The SMILES string of the molecule is CCOC(=O)C(C)=CC(C)=Cc1csc([C@H](Cc2ccc(OCc3cccc(F)c3)cc2)NC(=O)C2CCCCC2)n1. The van der Waals surface area contributed by atoms with E-state index < -0.39 is 0 Å². The normalized spacial score (nSPS) is 15.2. The van der Waals surface area contributed by atoms with E-state index in [4.69, 9.17) is 14.5 Å². The minimum absolute atomic E-state index is 0.0393. The van der Waals surface area contributed by atoms with E-state index in [1.165, 1.54) is 29.9 Å². The molecular weight excluding hydrogens is 551 g/mol. The Balaban J connectivity index is 1.47. The topological polar surface area (TPSA) is 77.5 Å². The lowest BCUT2D eigenvalue weighted by Gasteiger charge is -2.24. The van der Waals surface area contributed by atoms with Crippen LogP contribution in [0.25, 0.3) is 6.08 Å². The number of benzene rings is 2. The Bertz CT molecular complexity index is 1410. The second-order valence-electron chi connectivity index (χ2n) is 10.7. The van der Waals surface area contributed by atoms with Crippen LogP contribution in [-0.4, -0.2) is 23.5 Å². The van der Waals surface area contributed by atoms with Gasteiger partial charge in [-0.2, -0.15) is 0 Å². The maximum absolute atomic E-state index is 13.5. The fourth-order valence-electron chi connectivity index (χ4n) is 5.05. The van der Waals surface area contributed by atoms with Crippen molar-refractivity contribution in [1.29, 1.82) is 0 Å². The predicted molar refractivity (Wildman–Crippen MR) is 164 cm³/mol.